The number of hydrogen-bond donors (Lipinski definition) is 1. The Balaban J connectivity index is 1.86. The molecule has 0 spiro atoms. The lowest BCUT2D eigenvalue weighted by Crippen LogP contribution is -2.24. The van der Waals surface area contributed by atoms with E-state index in [0.717, 1.165) is 16.6 Å². The normalized spacial score (nSPS) is 18.8. The summed E-state index contributed by atoms with van der Waals surface area (Å²) in [5.41, 5.74) is 1.82. The van der Waals surface area contributed by atoms with Crippen LogP contribution >= 0.6 is 27.5 Å². The number of benzene rings is 1. The Hall–Kier alpha value is -1.33. The fraction of sp³-hybridized carbons (Fsp3) is 0.286. The van der Waals surface area contributed by atoms with E-state index in [0.29, 0.717) is 29.7 Å². The van der Waals surface area contributed by atoms with E-state index in [2.05, 4.69) is 26.1 Å². The number of carbonyl (C=O) groups excluding carboxylic acids is 1. The van der Waals surface area contributed by atoms with Gasteiger partial charge >= 0.3 is 0 Å². The highest BCUT2D eigenvalue weighted by molar-refractivity contribution is 9.09. The van der Waals surface area contributed by atoms with Gasteiger partial charge in [-0.1, -0.05) is 39.7 Å². The largest absolute Gasteiger partial charge is 0.295 e. The fourth-order valence-electron chi connectivity index (χ4n) is 2.36. The molecule has 0 aliphatic carbocycles. The Labute approximate surface area is 130 Å². The molecule has 1 amide bonds. The van der Waals surface area contributed by atoms with Gasteiger partial charge in [0.25, 0.3) is 0 Å². The molecule has 1 aromatic heterocycles. The van der Waals surface area contributed by atoms with Crippen molar-refractivity contribution in [1.29, 1.82) is 0 Å². The number of aromatic amines is 1. The first-order valence-electron chi connectivity index (χ1n) is 6.35. The van der Waals surface area contributed by atoms with Gasteiger partial charge in [-0.3, -0.25) is 14.8 Å². The van der Waals surface area contributed by atoms with Crippen LogP contribution in [0, 0.1) is 5.92 Å². The number of halogens is 2. The Morgan fingerprint density at radius 3 is 3.00 bits per heavy atom. The number of carbonyl (C=O) groups is 1. The molecule has 20 heavy (non-hydrogen) atoms. The van der Waals surface area contributed by atoms with Gasteiger partial charge in [0, 0.05) is 34.9 Å². The van der Waals surface area contributed by atoms with Crippen molar-refractivity contribution in [1.82, 2.24) is 10.2 Å². The zero-order valence-corrected chi connectivity index (χ0v) is 13.0. The summed E-state index contributed by atoms with van der Waals surface area (Å²) in [5.74, 6) is 1.15. The van der Waals surface area contributed by atoms with Gasteiger partial charge in [-0.25, -0.2) is 0 Å². The minimum atomic E-state index is 0.124. The molecule has 2 aromatic rings. The van der Waals surface area contributed by atoms with Crippen LogP contribution in [0.15, 0.2) is 30.3 Å². The van der Waals surface area contributed by atoms with Crippen molar-refractivity contribution < 1.29 is 4.79 Å². The molecule has 1 N–H and O–H groups in total. The Morgan fingerprint density at radius 1 is 1.45 bits per heavy atom. The molecule has 0 saturated carbocycles. The van der Waals surface area contributed by atoms with Gasteiger partial charge < -0.3 is 0 Å². The number of H-pyrrole nitrogens is 1. The minimum absolute atomic E-state index is 0.124. The Bertz CT molecular complexity index is 643. The molecule has 2 heterocycles. The minimum Gasteiger partial charge on any atom is -0.295 e. The zero-order valence-electron chi connectivity index (χ0n) is 10.6. The molecule has 1 aliphatic heterocycles. The zero-order chi connectivity index (χ0) is 14.1. The van der Waals surface area contributed by atoms with Crippen molar-refractivity contribution in [3.8, 4) is 11.3 Å². The smallest absolute Gasteiger partial charge is 0.228 e. The molecule has 3 rings (SSSR count). The average molecular weight is 355 g/mol. The van der Waals surface area contributed by atoms with E-state index in [1.54, 1.807) is 4.90 Å². The van der Waals surface area contributed by atoms with Gasteiger partial charge in [0.2, 0.25) is 5.91 Å². The van der Waals surface area contributed by atoms with Crippen LogP contribution in [0.1, 0.15) is 6.42 Å². The molecule has 1 aliphatic rings. The van der Waals surface area contributed by atoms with E-state index in [1.165, 1.54) is 0 Å². The lowest BCUT2D eigenvalue weighted by Gasteiger charge is -2.11. The number of rotatable bonds is 3. The van der Waals surface area contributed by atoms with Crippen LogP contribution in [0.4, 0.5) is 5.82 Å². The first kappa shape index (κ1) is 13.6. The van der Waals surface area contributed by atoms with Crippen LogP contribution < -0.4 is 4.90 Å². The van der Waals surface area contributed by atoms with Crippen LogP contribution in [0.5, 0.6) is 0 Å². The van der Waals surface area contributed by atoms with Crippen molar-refractivity contribution in [2.24, 2.45) is 5.92 Å². The van der Waals surface area contributed by atoms with Crippen LogP contribution in [0.25, 0.3) is 11.3 Å². The van der Waals surface area contributed by atoms with Crippen molar-refractivity contribution in [3.05, 3.63) is 35.4 Å². The summed E-state index contributed by atoms with van der Waals surface area (Å²) in [4.78, 5) is 13.7. The molecule has 6 heteroatoms. The standard InChI is InChI=1S/C14H13BrClN3O/c15-7-9-4-14(20)19(8-9)13-6-12(17-18-13)10-2-1-3-11(16)5-10/h1-3,5-6,9H,4,7-8H2,(H,17,18). The summed E-state index contributed by atoms with van der Waals surface area (Å²) >= 11 is 9.42. The molecule has 0 radical (unpaired) electrons. The highest BCUT2D eigenvalue weighted by Gasteiger charge is 2.31. The molecular weight excluding hydrogens is 342 g/mol. The number of alkyl halides is 1. The SMILES string of the molecule is O=C1CC(CBr)CN1c1cc(-c2cccc(Cl)c2)[nH]n1. The highest BCUT2D eigenvalue weighted by atomic mass is 79.9. The van der Waals surface area contributed by atoms with Gasteiger partial charge in [0.05, 0.1) is 5.69 Å². The number of nitrogens with one attached hydrogen (secondary N) is 1. The van der Waals surface area contributed by atoms with Crippen LogP contribution in [0.3, 0.4) is 0 Å². The van der Waals surface area contributed by atoms with E-state index in [4.69, 9.17) is 11.6 Å². The monoisotopic (exact) mass is 353 g/mol. The van der Waals surface area contributed by atoms with E-state index >= 15 is 0 Å². The third-order valence-corrected chi connectivity index (χ3v) is 4.55. The number of nitrogens with zero attached hydrogens (tertiary/aromatic N) is 2. The first-order chi connectivity index (χ1) is 9.67. The molecular formula is C14H13BrClN3O. The summed E-state index contributed by atoms with van der Waals surface area (Å²) < 4.78 is 0. The summed E-state index contributed by atoms with van der Waals surface area (Å²) in [7, 11) is 0. The quantitative estimate of drug-likeness (QED) is 0.858. The van der Waals surface area contributed by atoms with Crippen molar-refractivity contribution in [2.75, 3.05) is 16.8 Å². The summed E-state index contributed by atoms with van der Waals surface area (Å²) in [5, 5.41) is 8.72. The van der Waals surface area contributed by atoms with E-state index < -0.39 is 0 Å². The highest BCUT2D eigenvalue weighted by Crippen LogP contribution is 2.28. The molecule has 1 saturated heterocycles. The van der Waals surface area contributed by atoms with E-state index in [9.17, 15) is 4.79 Å². The molecule has 4 nitrogen and oxygen atoms in total. The molecule has 1 unspecified atom stereocenters. The van der Waals surface area contributed by atoms with Gasteiger partial charge in [-0.2, -0.15) is 5.10 Å². The Kier molecular flexibility index (Phi) is 3.81. The molecule has 1 aromatic carbocycles. The van der Waals surface area contributed by atoms with Crippen molar-refractivity contribution in [3.63, 3.8) is 0 Å². The number of hydrogen-bond acceptors (Lipinski definition) is 2. The average Bonchev–Trinajstić information content (AvgIpc) is 3.05. The Morgan fingerprint density at radius 2 is 2.30 bits per heavy atom. The van der Waals surface area contributed by atoms with Gasteiger partial charge in [-0.05, 0) is 18.1 Å². The lowest BCUT2D eigenvalue weighted by atomic mass is 10.1. The predicted molar refractivity (Wildman–Crippen MR) is 83.3 cm³/mol. The summed E-state index contributed by atoms with van der Waals surface area (Å²) in [6.45, 7) is 0.712. The molecule has 1 atom stereocenters. The molecule has 0 bridgehead atoms. The summed E-state index contributed by atoms with van der Waals surface area (Å²) in [6, 6.07) is 9.43. The third kappa shape index (κ3) is 2.60. The number of anilines is 1. The second kappa shape index (κ2) is 5.58. The van der Waals surface area contributed by atoms with E-state index in [1.807, 2.05) is 30.3 Å². The fourth-order valence-corrected chi connectivity index (χ4v) is 2.98. The lowest BCUT2D eigenvalue weighted by molar-refractivity contribution is -0.117. The van der Waals surface area contributed by atoms with E-state index in [-0.39, 0.29) is 5.91 Å². The van der Waals surface area contributed by atoms with Crippen LogP contribution in [-0.2, 0) is 4.79 Å². The maximum atomic E-state index is 12.0. The maximum Gasteiger partial charge on any atom is 0.228 e. The van der Waals surface area contributed by atoms with Gasteiger partial charge in [0.1, 0.15) is 0 Å². The third-order valence-electron chi connectivity index (χ3n) is 3.40. The number of amides is 1. The topological polar surface area (TPSA) is 49.0 Å². The van der Waals surface area contributed by atoms with Crippen molar-refractivity contribution in [2.45, 2.75) is 6.42 Å². The molecule has 104 valence electrons. The second-order valence-electron chi connectivity index (χ2n) is 4.88. The van der Waals surface area contributed by atoms with Crippen LogP contribution in [-0.4, -0.2) is 28.0 Å². The second-order valence-corrected chi connectivity index (χ2v) is 5.96. The predicted octanol–water partition coefficient (Wildman–Crippen LogP) is 3.48. The van der Waals surface area contributed by atoms with Gasteiger partial charge in [-0.15, -0.1) is 0 Å². The first-order valence-corrected chi connectivity index (χ1v) is 7.85. The van der Waals surface area contributed by atoms with Crippen molar-refractivity contribution >= 4 is 39.3 Å². The van der Waals surface area contributed by atoms with Gasteiger partial charge in [0.15, 0.2) is 5.82 Å². The summed E-state index contributed by atoms with van der Waals surface area (Å²) in [6.07, 6.45) is 0.574. The maximum absolute atomic E-state index is 12.0. The number of aromatic nitrogens is 2. The van der Waals surface area contributed by atoms with Crippen LogP contribution in [0.2, 0.25) is 5.02 Å². The molecule has 1 fully saturated rings.